The Morgan fingerprint density at radius 3 is 2.58 bits per heavy atom. The molecule has 0 spiro atoms. The van der Waals surface area contributed by atoms with Crippen molar-refractivity contribution < 1.29 is 13.2 Å². The molecule has 2 aromatic rings. The summed E-state index contributed by atoms with van der Waals surface area (Å²) >= 11 is 0. The van der Waals surface area contributed by atoms with Crippen LogP contribution in [0.1, 0.15) is 37.1 Å². The van der Waals surface area contributed by atoms with E-state index in [0.717, 1.165) is 12.8 Å². The van der Waals surface area contributed by atoms with E-state index >= 15 is 0 Å². The maximum atomic E-state index is 13.4. The molecule has 0 aromatic carbocycles. The summed E-state index contributed by atoms with van der Waals surface area (Å²) in [5.74, 6) is 3.22. The lowest BCUT2D eigenvalue weighted by Crippen LogP contribution is -2.58. The molecule has 0 bridgehead atoms. The predicted octanol–water partition coefficient (Wildman–Crippen LogP) is 1.03. The lowest BCUT2D eigenvalue weighted by molar-refractivity contribution is 0.0871. The van der Waals surface area contributed by atoms with Crippen LogP contribution in [-0.2, 0) is 10.0 Å². The standard InChI is InChI=1S/C23H36N8O3SSi/c1-23(8-9-23)28-35(33,34)18-13-19(20-15-26-10-11-29(20)22(32)31(24-2)25-3)21-27-14-17(30(21)16-18)7-12-36(4,5)6/h13-14,16,20,24-26,28H,8-11,15H2,1-6H3. The second-order valence-corrected chi connectivity index (χ2v) is 17.0. The van der Waals surface area contributed by atoms with Crippen molar-refractivity contribution in [3.05, 3.63) is 29.7 Å². The summed E-state index contributed by atoms with van der Waals surface area (Å²) in [4.78, 5) is 19.8. The minimum atomic E-state index is -3.81. The summed E-state index contributed by atoms with van der Waals surface area (Å²) in [7, 11) is -2.18. The first-order chi connectivity index (χ1) is 16.9. The first kappa shape index (κ1) is 26.6. The number of nitrogens with zero attached hydrogens (tertiary/aromatic N) is 4. The smallest absolute Gasteiger partial charge is 0.313 e. The first-order valence-corrected chi connectivity index (χ1v) is 17.1. The minimum absolute atomic E-state index is 0.129. The van der Waals surface area contributed by atoms with Gasteiger partial charge in [0.1, 0.15) is 19.4 Å². The molecule has 4 N–H and O–H groups in total. The third kappa shape index (κ3) is 5.59. The third-order valence-corrected chi connectivity index (χ3v) is 8.83. The van der Waals surface area contributed by atoms with Gasteiger partial charge in [0, 0.05) is 51.0 Å². The normalized spacial score (nSPS) is 19.6. The molecule has 196 valence electrons. The molecule has 1 aliphatic heterocycles. The number of carbonyl (C=O) groups excluding carboxylic acids is 1. The zero-order valence-electron chi connectivity index (χ0n) is 21.8. The van der Waals surface area contributed by atoms with Crippen molar-refractivity contribution in [3.63, 3.8) is 0 Å². The van der Waals surface area contributed by atoms with Crippen molar-refractivity contribution >= 4 is 29.8 Å². The monoisotopic (exact) mass is 532 g/mol. The van der Waals surface area contributed by atoms with E-state index in [1.54, 1.807) is 41.9 Å². The molecule has 1 unspecified atom stereocenters. The number of imidazole rings is 1. The summed E-state index contributed by atoms with van der Waals surface area (Å²) in [6, 6.07) is 0.935. The van der Waals surface area contributed by atoms with Crippen LogP contribution in [0.25, 0.3) is 5.65 Å². The molecule has 0 radical (unpaired) electrons. The van der Waals surface area contributed by atoms with E-state index in [-0.39, 0.29) is 10.9 Å². The molecule has 2 amide bonds. The SMILES string of the molecule is CNN(NC)C(=O)N1CCNCC1c1cc(S(=O)(=O)NC2(C)CC2)cn2c(C#C[Si](C)(C)C)cnc12. The molecule has 13 heteroatoms. The number of sulfonamides is 1. The highest BCUT2D eigenvalue weighted by Crippen LogP contribution is 2.36. The molecule has 3 heterocycles. The summed E-state index contributed by atoms with van der Waals surface area (Å²) in [6.45, 7) is 9.89. The Kier molecular flexibility index (Phi) is 7.21. The van der Waals surface area contributed by atoms with E-state index < -0.39 is 29.7 Å². The van der Waals surface area contributed by atoms with Gasteiger partial charge in [0.2, 0.25) is 10.0 Å². The summed E-state index contributed by atoms with van der Waals surface area (Å²) in [6.07, 6.45) is 4.87. The molecule has 2 fully saturated rings. The van der Waals surface area contributed by atoms with Crippen molar-refractivity contribution in [2.75, 3.05) is 33.7 Å². The maximum Gasteiger partial charge on any atom is 0.349 e. The third-order valence-electron chi connectivity index (χ3n) is 6.35. The molecular formula is C23H36N8O3SSi. The van der Waals surface area contributed by atoms with Gasteiger partial charge in [-0.25, -0.2) is 33.8 Å². The molecule has 11 nitrogen and oxygen atoms in total. The number of urea groups is 1. The highest BCUT2D eigenvalue weighted by Gasteiger charge is 2.42. The molecule has 2 aromatic heterocycles. The Balaban J connectivity index is 1.88. The highest BCUT2D eigenvalue weighted by molar-refractivity contribution is 7.89. The lowest BCUT2D eigenvalue weighted by Gasteiger charge is -2.39. The van der Waals surface area contributed by atoms with E-state index in [2.05, 4.69) is 57.0 Å². The highest BCUT2D eigenvalue weighted by atomic mass is 32.2. The fourth-order valence-corrected chi connectivity index (χ4v) is 6.14. The molecule has 1 saturated heterocycles. The topological polar surface area (TPSA) is 123 Å². The quantitative estimate of drug-likeness (QED) is 0.249. The van der Waals surface area contributed by atoms with Gasteiger partial charge in [-0.05, 0) is 25.8 Å². The fourth-order valence-electron chi connectivity index (χ4n) is 4.14. The van der Waals surface area contributed by atoms with Gasteiger partial charge in [-0.2, -0.15) is 5.12 Å². The van der Waals surface area contributed by atoms with Crippen molar-refractivity contribution in [2.45, 2.75) is 55.9 Å². The molecule has 1 aliphatic carbocycles. The van der Waals surface area contributed by atoms with Crippen molar-refractivity contribution in [3.8, 4) is 11.5 Å². The van der Waals surface area contributed by atoms with Crippen LogP contribution in [0.5, 0.6) is 0 Å². The van der Waals surface area contributed by atoms with Gasteiger partial charge in [-0.15, -0.1) is 5.54 Å². The van der Waals surface area contributed by atoms with Gasteiger partial charge < -0.3 is 10.2 Å². The van der Waals surface area contributed by atoms with Crippen LogP contribution in [0.15, 0.2) is 23.4 Å². The average Bonchev–Trinajstić information content (AvgIpc) is 3.38. The summed E-state index contributed by atoms with van der Waals surface area (Å²) in [5.41, 5.74) is 10.4. The number of nitrogens with one attached hydrogen (secondary N) is 4. The summed E-state index contributed by atoms with van der Waals surface area (Å²) < 4.78 is 31.5. The number of pyridine rings is 1. The van der Waals surface area contributed by atoms with Gasteiger partial charge in [0.05, 0.1) is 17.1 Å². The fraction of sp³-hybridized carbons (Fsp3) is 0.565. The first-order valence-electron chi connectivity index (χ1n) is 12.1. The van der Waals surface area contributed by atoms with Gasteiger partial charge in [0.25, 0.3) is 0 Å². The number of piperazine rings is 1. The van der Waals surface area contributed by atoms with E-state index in [0.29, 0.717) is 36.5 Å². The minimum Gasteiger partial charge on any atom is -0.313 e. The Morgan fingerprint density at radius 2 is 1.97 bits per heavy atom. The molecule has 36 heavy (non-hydrogen) atoms. The maximum absolute atomic E-state index is 13.4. The zero-order valence-corrected chi connectivity index (χ0v) is 23.6. The molecule has 2 aliphatic rings. The van der Waals surface area contributed by atoms with Crippen LogP contribution in [0, 0.1) is 11.5 Å². The van der Waals surface area contributed by atoms with Crippen molar-refractivity contribution in [2.24, 2.45) is 0 Å². The Labute approximate surface area is 214 Å². The number of hydrogen-bond donors (Lipinski definition) is 4. The number of hydrazine groups is 2. The summed E-state index contributed by atoms with van der Waals surface area (Å²) in [5, 5.41) is 4.63. The Morgan fingerprint density at radius 1 is 1.28 bits per heavy atom. The van der Waals surface area contributed by atoms with Crippen LogP contribution in [0.4, 0.5) is 4.79 Å². The van der Waals surface area contributed by atoms with Crippen LogP contribution >= 0.6 is 0 Å². The van der Waals surface area contributed by atoms with Crippen molar-refractivity contribution in [1.82, 2.24) is 40.3 Å². The number of aromatic nitrogens is 2. The average molecular weight is 533 g/mol. The molecule has 4 rings (SSSR count). The second kappa shape index (κ2) is 9.77. The number of hydrogen-bond acceptors (Lipinski definition) is 7. The predicted molar refractivity (Wildman–Crippen MR) is 141 cm³/mol. The van der Waals surface area contributed by atoms with E-state index in [1.807, 2.05) is 6.92 Å². The van der Waals surface area contributed by atoms with Crippen LogP contribution in [0.3, 0.4) is 0 Å². The number of fused-ring (bicyclic) bond motifs is 1. The van der Waals surface area contributed by atoms with E-state index in [4.69, 9.17) is 0 Å². The number of carbonyl (C=O) groups is 1. The van der Waals surface area contributed by atoms with Gasteiger partial charge in [-0.1, -0.05) is 25.6 Å². The zero-order chi connectivity index (χ0) is 26.3. The number of amides is 2. The van der Waals surface area contributed by atoms with Crippen molar-refractivity contribution in [1.29, 1.82) is 0 Å². The molecular weight excluding hydrogens is 496 g/mol. The number of rotatable bonds is 6. The van der Waals surface area contributed by atoms with E-state index in [9.17, 15) is 13.2 Å². The van der Waals surface area contributed by atoms with Crippen LogP contribution in [0.2, 0.25) is 19.6 Å². The second-order valence-electron chi connectivity index (χ2n) is 10.6. The lowest BCUT2D eigenvalue weighted by atomic mass is 10.0. The van der Waals surface area contributed by atoms with Gasteiger partial charge in [0.15, 0.2) is 0 Å². The van der Waals surface area contributed by atoms with Gasteiger partial charge >= 0.3 is 6.03 Å². The van der Waals surface area contributed by atoms with Crippen LogP contribution < -0.4 is 20.9 Å². The van der Waals surface area contributed by atoms with Crippen LogP contribution in [-0.4, -0.2) is 81.2 Å². The Hall–Kier alpha value is -2.47. The largest absolute Gasteiger partial charge is 0.349 e. The molecule has 1 atom stereocenters. The molecule has 1 saturated carbocycles. The van der Waals surface area contributed by atoms with E-state index in [1.165, 1.54) is 5.12 Å². The Bertz CT molecular complexity index is 1320. The van der Waals surface area contributed by atoms with Gasteiger partial charge in [-0.3, -0.25) is 4.40 Å².